The monoisotopic (exact) mass is 256 g/mol. The topological polar surface area (TPSA) is 34.1 Å². The number of aryl methyl sites for hydroxylation is 2. The van der Waals surface area contributed by atoms with Gasteiger partial charge in [-0.25, -0.2) is 0 Å². The third-order valence-corrected chi connectivity index (χ3v) is 3.09. The van der Waals surface area contributed by atoms with E-state index in [1.807, 2.05) is 38.1 Å². The van der Waals surface area contributed by atoms with Crippen molar-refractivity contribution in [3.8, 4) is 0 Å². The molecule has 0 aliphatic carbocycles. The fourth-order valence-electron chi connectivity index (χ4n) is 2.10. The highest BCUT2D eigenvalue weighted by Crippen LogP contribution is 2.21. The molecule has 3 nitrogen and oxygen atoms in total. The van der Waals surface area contributed by atoms with Gasteiger partial charge in [0.1, 0.15) is 0 Å². The minimum absolute atomic E-state index is 0.134. The highest BCUT2D eigenvalue weighted by Gasteiger charge is 2.12. The first-order valence-corrected chi connectivity index (χ1v) is 6.45. The first-order chi connectivity index (χ1) is 9.20. The number of rotatable bonds is 5. The lowest BCUT2D eigenvalue weighted by molar-refractivity contribution is 0.186. The summed E-state index contributed by atoms with van der Waals surface area (Å²) < 4.78 is 5.31. The molecule has 0 saturated carbocycles. The SMILES string of the molecule is COCC(Nc1ccc(C)nc1C)c1ccccc1. The standard InChI is InChI=1S/C16H20N2O/c1-12-9-10-15(13(2)17-12)18-16(11-19-3)14-7-5-4-6-8-14/h4-10,16,18H,11H2,1-3H3. The van der Waals surface area contributed by atoms with Crippen molar-refractivity contribution in [3.63, 3.8) is 0 Å². The molecule has 19 heavy (non-hydrogen) atoms. The van der Waals surface area contributed by atoms with Gasteiger partial charge in [0.25, 0.3) is 0 Å². The average Bonchev–Trinajstić information content (AvgIpc) is 2.42. The number of anilines is 1. The molecule has 1 atom stereocenters. The van der Waals surface area contributed by atoms with Crippen LogP contribution in [0.4, 0.5) is 5.69 Å². The molecule has 1 aromatic carbocycles. The molecule has 100 valence electrons. The first kappa shape index (κ1) is 13.6. The predicted octanol–water partition coefficient (Wildman–Crippen LogP) is 3.50. The number of benzene rings is 1. The van der Waals surface area contributed by atoms with Gasteiger partial charge in [0.05, 0.1) is 24.0 Å². The zero-order chi connectivity index (χ0) is 13.7. The summed E-state index contributed by atoms with van der Waals surface area (Å²) in [6.07, 6.45) is 0. The van der Waals surface area contributed by atoms with Gasteiger partial charge in [0.15, 0.2) is 0 Å². The lowest BCUT2D eigenvalue weighted by Crippen LogP contribution is -2.17. The fourth-order valence-corrected chi connectivity index (χ4v) is 2.10. The first-order valence-electron chi connectivity index (χ1n) is 6.45. The summed E-state index contributed by atoms with van der Waals surface area (Å²) in [5, 5.41) is 3.50. The summed E-state index contributed by atoms with van der Waals surface area (Å²) in [7, 11) is 1.72. The van der Waals surface area contributed by atoms with Gasteiger partial charge < -0.3 is 10.1 Å². The molecule has 2 aromatic rings. The molecular formula is C16H20N2O. The van der Waals surface area contributed by atoms with Crippen LogP contribution in [-0.2, 0) is 4.74 Å². The third-order valence-electron chi connectivity index (χ3n) is 3.09. The van der Waals surface area contributed by atoms with Crippen LogP contribution in [0.1, 0.15) is 23.0 Å². The van der Waals surface area contributed by atoms with Crippen LogP contribution in [0.3, 0.4) is 0 Å². The Bertz CT molecular complexity index is 526. The third kappa shape index (κ3) is 3.55. The van der Waals surface area contributed by atoms with Crippen molar-refractivity contribution in [2.75, 3.05) is 19.0 Å². The highest BCUT2D eigenvalue weighted by molar-refractivity contribution is 5.49. The maximum Gasteiger partial charge on any atom is 0.0748 e. The van der Waals surface area contributed by atoms with Gasteiger partial charge in [0.2, 0.25) is 0 Å². The van der Waals surface area contributed by atoms with E-state index in [1.165, 1.54) is 5.56 Å². The van der Waals surface area contributed by atoms with Crippen LogP contribution in [0, 0.1) is 13.8 Å². The molecule has 0 radical (unpaired) electrons. The van der Waals surface area contributed by atoms with E-state index in [-0.39, 0.29) is 6.04 Å². The zero-order valence-electron chi connectivity index (χ0n) is 11.7. The molecule has 1 N–H and O–H groups in total. The van der Waals surface area contributed by atoms with Gasteiger partial charge in [-0.2, -0.15) is 0 Å². The zero-order valence-corrected chi connectivity index (χ0v) is 11.7. The van der Waals surface area contributed by atoms with Crippen molar-refractivity contribution in [2.24, 2.45) is 0 Å². The largest absolute Gasteiger partial charge is 0.382 e. The molecule has 1 aromatic heterocycles. The molecule has 0 aliphatic heterocycles. The second-order valence-electron chi connectivity index (χ2n) is 4.65. The Morgan fingerprint density at radius 1 is 1.11 bits per heavy atom. The number of hydrogen-bond acceptors (Lipinski definition) is 3. The summed E-state index contributed by atoms with van der Waals surface area (Å²) in [5.74, 6) is 0. The predicted molar refractivity (Wildman–Crippen MR) is 78.4 cm³/mol. The number of ether oxygens (including phenoxy) is 1. The fraction of sp³-hybridized carbons (Fsp3) is 0.312. The Hall–Kier alpha value is -1.87. The summed E-state index contributed by atoms with van der Waals surface area (Å²) in [6.45, 7) is 4.64. The van der Waals surface area contributed by atoms with Crippen LogP contribution in [-0.4, -0.2) is 18.7 Å². The molecule has 1 heterocycles. The molecule has 0 saturated heterocycles. The quantitative estimate of drug-likeness (QED) is 0.889. The van der Waals surface area contributed by atoms with Crippen LogP contribution < -0.4 is 5.32 Å². The Labute approximate surface area is 114 Å². The van der Waals surface area contributed by atoms with Crippen molar-refractivity contribution in [1.82, 2.24) is 4.98 Å². The maximum atomic E-state index is 5.31. The van der Waals surface area contributed by atoms with E-state index < -0.39 is 0 Å². The lowest BCUT2D eigenvalue weighted by atomic mass is 10.1. The number of nitrogens with zero attached hydrogens (tertiary/aromatic N) is 1. The Balaban J connectivity index is 2.21. The van der Waals surface area contributed by atoms with E-state index in [2.05, 4.69) is 28.5 Å². The van der Waals surface area contributed by atoms with Gasteiger partial charge >= 0.3 is 0 Å². The van der Waals surface area contributed by atoms with E-state index in [4.69, 9.17) is 4.74 Å². The Morgan fingerprint density at radius 3 is 2.47 bits per heavy atom. The van der Waals surface area contributed by atoms with Crippen LogP contribution in [0.25, 0.3) is 0 Å². The summed E-state index contributed by atoms with van der Waals surface area (Å²) in [4.78, 5) is 4.48. The second kappa shape index (κ2) is 6.34. The van der Waals surface area contributed by atoms with Crippen LogP contribution in [0.15, 0.2) is 42.5 Å². The number of aromatic nitrogens is 1. The molecule has 3 heteroatoms. The normalized spacial score (nSPS) is 12.2. The van der Waals surface area contributed by atoms with Crippen molar-refractivity contribution in [2.45, 2.75) is 19.9 Å². The minimum Gasteiger partial charge on any atom is -0.382 e. The Kier molecular flexibility index (Phi) is 4.53. The smallest absolute Gasteiger partial charge is 0.0748 e. The van der Waals surface area contributed by atoms with Gasteiger partial charge in [-0.1, -0.05) is 30.3 Å². The van der Waals surface area contributed by atoms with Crippen molar-refractivity contribution >= 4 is 5.69 Å². The molecule has 1 unspecified atom stereocenters. The number of methoxy groups -OCH3 is 1. The van der Waals surface area contributed by atoms with Gasteiger partial charge in [-0.05, 0) is 31.5 Å². The number of hydrogen-bond donors (Lipinski definition) is 1. The molecule has 0 aliphatic rings. The van der Waals surface area contributed by atoms with Crippen molar-refractivity contribution < 1.29 is 4.74 Å². The number of pyridine rings is 1. The van der Waals surface area contributed by atoms with E-state index in [1.54, 1.807) is 7.11 Å². The van der Waals surface area contributed by atoms with Gasteiger partial charge in [-0.15, -0.1) is 0 Å². The lowest BCUT2D eigenvalue weighted by Gasteiger charge is -2.20. The van der Waals surface area contributed by atoms with E-state index in [9.17, 15) is 0 Å². The van der Waals surface area contributed by atoms with Gasteiger partial charge in [0, 0.05) is 12.8 Å². The van der Waals surface area contributed by atoms with Crippen LogP contribution in [0.5, 0.6) is 0 Å². The van der Waals surface area contributed by atoms with Crippen molar-refractivity contribution in [1.29, 1.82) is 0 Å². The van der Waals surface area contributed by atoms with Crippen LogP contribution >= 0.6 is 0 Å². The minimum atomic E-state index is 0.134. The average molecular weight is 256 g/mol. The molecule has 0 amide bonds. The number of nitrogens with one attached hydrogen (secondary N) is 1. The second-order valence-corrected chi connectivity index (χ2v) is 4.65. The van der Waals surface area contributed by atoms with Gasteiger partial charge in [-0.3, -0.25) is 4.98 Å². The van der Waals surface area contributed by atoms with Crippen LogP contribution in [0.2, 0.25) is 0 Å². The van der Waals surface area contributed by atoms with E-state index >= 15 is 0 Å². The molecule has 0 spiro atoms. The maximum absolute atomic E-state index is 5.31. The summed E-state index contributed by atoms with van der Waals surface area (Å²) >= 11 is 0. The molecule has 2 rings (SSSR count). The Morgan fingerprint density at radius 2 is 1.84 bits per heavy atom. The van der Waals surface area contributed by atoms with Crippen molar-refractivity contribution in [3.05, 3.63) is 59.4 Å². The summed E-state index contributed by atoms with van der Waals surface area (Å²) in [6, 6.07) is 14.5. The molecule has 0 fully saturated rings. The van der Waals surface area contributed by atoms with E-state index in [0.29, 0.717) is 6.61 Å². The molecule has 0 bridgehead atoms. The molecular weight excluding hydrogens is 236 g/mol. The van der Waals surface area contributed by atoms with E-state index in [0.717, 1.165) is 17.1 Å². The highest BCUT2D eigenvalue weighted by atomic mass is 16.5. The summed E-state index contributed by atoms with van der Waals surface area (Å²) in [5.41, 5.74) is 4.31.